The maximum absolute atomic E-state index is 11.2. The third-order valence-corrected chi connectivity index (χ3v) is 1.92. The molecule has 7 nitrogen and oxygen atoms in total. The molecule has 0 fully saturated rings. The standard InChI is InChI=1S/C7H13N3O4S/c8-3(1-5(9)11)6(12)10-4(2-15)7(13)14/h3-4,15H,1-2,8H2,(H2,9,11)(H,10,12)(H,13,14)/t3-,4-/m0/s1. The maximum atomic E-state index is 11.2. The SMILES string of the molecule is NC(=O)C[C@H](N)C(=O)N[C@@H](CS)C(=O)O. The lowest BCUT2D eigenvalue weighted by atomic mass is 10.2. The summed E-state index contributed by atoms with van der Waals surface area (Å²) in [6.45, 7) is 0. The first-order chi connectivity index (χ1) is 6.88. The summed E-state index contributed by atoms with van der Waals surface area (Å²) in [5, 5.41) is 10.7. The number of aliphatic carboxylic acids is 1. The van der Waals surface area contributed by atoms with Crippen LogP contribution in [-0.4, -0.2) is 40.7 Å². The van der Waals surface area contributed by atoms with Crippen LogP contribution in [0, 0.1) is 0 Å². The first-order valence-electron chi connectivity index (χ1n) is 4.06. The lowest BCUT2D eigenvalue weighted by molar-refractivity contribution is -0.141. The summed E-state index contributed by atoms with van der Waals surface area (Å²) >= 11 is 3.74. The molecule has 0 aromatic rings. The zero-order valence-electron chi connectivity index (χ0n) is 7.84. The van der Waals surface area contributed by atoms with Crippen molar-refractivity contribution in [3.63, 3.8) is 0 Å². The van der Waals surface area contributed by atoms with E-state index in [0.717, 1.165) is 0 Å². The normalized spacial score (nSPS) is 14.0. The van der Waals surface area contributed by atoms with E-state index in [9.17, 15) is 14.4 Å². The summed E-state index contributed by atoms with van der Waals surface area (Å²) in [6.07, 6.45) is -0.329. The molecule has 0 aromatic heterocycles. The van der Waals surface area contributed by atoms with Crippen molar-refractivity contribution in [2.75, 3.05) is 5.75 Å². The van der Waals surface area contributed by atoms with Crippen molar-refractivity contribution in [3.05, 3.63) is 0 Å². The first kappa shape index (κ1) is 13.7. The molecule has 15 heavy (non-hydrogen) atoms. The highest BCUT2D eigenvalue weighted by molar-refractivity contribution is 7.80. The summed E-state index contributed by atoms with van der Waals surface area (Å²) < 4.78 is 0. The fraction of sp³-hybridized carbons (Fsp3) is 0.571. The van der Waals surface area contributed by atoms with Gasteiger partial charge in [0.25, 0.3) is 0 Å². The van der Waals surface area contributed by atoms with Gasteiger partial charge in [-0.2, -0.15) is 12.6 Å². The minimum atomic E-state index is -1.22. The van der Waals surface area contributed by atoms with Gasteiger partial charge in [-0.3, -0.25) is 9.59 Å². The number of rotatable bonds is 6. The fourth-order valence-electron chi connectivity index (χ4n) is 0.774. The molecule has 0 spiro atoms. The van der Waals surface area contributed by atoms with Crippen LogP contribution in [0.1, 0.15) is 6.42 Å². The molecule has 2 amide bonds. The number of carbonyl (C=O) groups is 3. The van der Waals surface area contributed by atoms with Crippen LogP contribution in [-0.2, 0) is 14.4 Å². The average Bonchev–Trinajstić information content (AvgIpc) is 2.11. The molecule has 6 N–H and O–H groups in total. The van der Waals surface area contributed by atoms with Gasteiger partial charge in [-0.15, -0.1) is 0 Å². The van der Waals surface area contributed by atoms with Crippen LogP contribution in [0.15, 0.2) is 0 Å². The van der Waals surface area contributed by atoms with E-state index in [-0.39, 0.29) is 12.2 Å². The molecule has 0 aliphatic heterocycles. The summed E-state index contributed by atoms with van der Waals surface area (Å²) in [4.78, 5) is 32.2. The van der Waals surface area contributed by atoms with Gasteiger partial charge in [-0.05, 0) is 0 Å². The van der Waals surface area contributed by atoms with Gasteiger partial charge in [-0.1, -0.05) is 0 Å². The van der Waals surface area contributed by atoms with E-state index < -0.39 is 29.9 Å². The number of carbonyl (C=O) groups excluding carboxylic acids is 2. The van der Waals surface area contributed by atoms with E-state index in [0.29, 0.717) is 0 Å². The molecule has 0 aromatic carbocycles. The van der Waals surface area contributed by atoms with Crippen LogP contribution in [0.2, 0.25) is 0 Å². The Balaban J connectivity index is 4.21. The minimum absolute atomic E-state index is 0.0651. The lowest BCUT2D eigenvalue weighted by Crippen LogP contribution is -2.50. The van der Waals surface area contributed by atoms with Crippen molar-refractivity contribution in [2.24, 2.45) is 11.5 Å². The van der Waals surface area contributed by atoms with Gasteiger partial charge >= 0.3 is 5.97 Å². The molecule has 2 atom stereocenters. The zero-order chi connectivity index (χ0) is 12.0. The third-order valence-electron chi connectivity index (χ3n) is 1.56. The van der Waals surface area contributed by atoms with Gasteiger partial charge in [-0.25, -0.2) is 4.79 Å². The molecule has 0 aliphatic rings. The Morgan fingerprint density at radius 3 is 2.27 bits per heavy atom. The highest BCUT2D eigenvalue weighted by Crippen LogP contribution is 1.92. The second-order valence-corrected chi connectivity index (χ2v) is 3.22. The molecule has 0 saturated carbocycles. The third kappa shape index (κ3) is 5.23. The molecular weight excluding hydrogens is 222 g/mol. The van der Waals surface area contributed by atoms with E-state index in [1.165, 1.54) is 0 Å². The molecule has 8 heteroatoms. The van der Waals surface area contributed by atoms with Gasteiger partial charge < -0.3 is 21.9 Å². The summed E-state index contributed by atoms with van der Waals surface area (Å²) in [5.74, 6) is -2.75. The molecule has 0 rings (SSSR count). The highest BCUT2D eigenvalue weighted by atomic mass is 32.1. The number of nitrogens with one attached hydrogen (secondary N) is 1. The van der Waals surface area contributed by atoms with Crippen molar-refractivity contribution >= 4 is 30.4 Å². The number of carboxylic acid groups (broad SMARTS) is 1. The topological polar surface area (TPSA) is 136 Å². The van der Waals surface area contributed by atoms with Gasteiger partial charge in [0.05, 0.1) is 12.5 Å². The fourth-order valence-corrected chi connectivity index (χ4v) is 1.02. The van der Waals surface area contributed by atoms with Crippen molar-refractivity contribution in [1.82, 2.24) is 5.32 Å². The number of amides is 2. The molecule has 0 bridgehead atoms. The molecule has 0 aliphatic carbocycles. The molecule has 0 heterocycles. The lowest BCUT2D eigenvalue weighted by Gasteiger charge is -2.15. The summed E-state index contributed by atoms with van der Waals surface area (Å²) in [5.41, 5.74) is 10.1. The number of thiol groups is 1. The van der Waals surface area contributed by atoms with Crippen molar-refractivity contribution in [1.29, 1.82) is 0 Å². The van der Waals surface area contributed by atoms with Crippen LogP contribution in [0.25, 0.3) is 0 Å². The van der Waals surface area contributed by atoms with E-state index >= 15 is 0 Å². The minimum Gasteiger partial charge on any atom is -0.480 e. The molecule has 0 radical (unpaired) electrons. The Labute approximate surface area is 91.6 Å². The van der Waals surface area contributed by atoms with Gasteiger partial charge in [0.1, 0.15) is 6.04 Å². The van der Waals surface area contributed by atoms with E-state index in [2.05, 4.69) is 17.9 Å². The number of carboxylic acids is 1. The van der Waals surface area contributed by atoms with Gasteiger partial charge in [0.15, 0.2) is 0 Å². The number of hydrogen-bond acceptors (Lipinski definition) is 5. The Kier molecular flexibility index (Phi) is 5.72. The van der Waals surface area contributed by atoms with E-state index in [1.807, 2.05) is 0 Å². The molecule has 0 unspecified atom stereocenters. The average molecular weight is 235 g/mol. The smallest absolute Gasteiger partial charge is 0.327 e. The quantitative estimate of drug-likeness (QED) is 0.329. The Hall–Kier alpha value is -1.28. The number of nitrogens with two attached hydrogens (primary N) is 2. The molecular formula is C7H13N3O4S. The highest BCUT2D eigenvalue weighted by Gasteiger charge is 2.22. The van der Waals surface area contributed by atoms with Crippen LogP contribution in [0.4, 0.5) is 0 Å². The molecule has 0 saturated heterocycles. The van der Waals surface area contributed by atoms with Crippen LogP contribution < -0.4 is 16.8 Å². The Morgan fingerprint density at radius 2 is 1.93 bits per heavy atom. The van der Waals surface area contributed by atoms with Crippen molar-refractivity contribution in [2.45, 2.75) is 18.5 Å². The Morgan fingerprint density at radius 1 is 1.40 bits per heavy atom. The number of primary amides is 1. The van der Waals surface area contributed by atoms with E-state index in [1.54, 1.807) is 0 Å². The predicted molar refractivity (Wildman–Crippen MR) is 55.2 cm³/mol. The summed E-state index contributed by atoms with van der Waals surface area (Å²) in [6, 6.07) is -2.26. The largest absolute Gasteiger partial charge is 0.480 e. The zero-order valence-corrected chi connectivity index (χ0v) is 8.74. The predicted octanol–water partition coefficient (Wildman–Crippen LogP) is -2.31. The monoisotopic (exact) mass is 235 g/mol. The second-order valence-electron chi connectivity index (χ2n) is 2.86. The van der Waals surface area contributed by atoms with E-state index in [4.69, 9.17) is 16.6 Å². The van der Waals surface area contributed by atoms with Gasteiger partial charge in [0, 0.05) is 5.75 Å². The number of hydrogen-bond donors (Lipinski definition) is 5. The van der Waals surface area contributed by atoms with Crippen molar-refractivity contribution in [3.8, 4) is 0 Å². The van der Waals surface area contributed by atoms with Crippen LogP contribution in [0.3, 0.4) is 0 Å². The van der Waals surface area contributed by atoms with Crippen molar-refractivity contribution < 1.29 is 19.5 Å². The first-order valence-corrected chi connectivity index (χ1v) is 4.69. The van der Waals surface area contributed by atoms with Crippen LogP contribution >= 0.6 is 12.6 Å². The van der Waals surface area contributed by atoms with Gasteiger partial charge in [0.2, 0.25) is 11.8 Å². The maximum Gasteiger partial charge on any atom is 0.327 e. The summed E-state index contributed by atoms with van der Waals surface area (Å²) in [7, 11) is 0. The van der Waals surface area contributed by atoms with Crippen LogP contribution in [0.5, 0.6) is 0 Å². The Bertz CT molecular complexity index is 271. The second kappa shape index (κ2) is 6.25. The molecule has 86 valence electrons.